The number of nitrogens with zero attached hydrogens (tertiary/aromatic N) is 1. The molecule has 1 N–H and O–H groups in total. The number of amides is 1. The van der Waals surface area contributed by atoms with Gasteiger partial charge in [0, 0.05) is 6.54 Å². The number of carbonyl (C=O) groups is 1. The van der Waals surface area contributed by atoms with Gasteiger partial charge in [-0.3, -0.25) is 0 Å². The van der Waals surface area contributed by atoms with Gasteiger partial charge in [0.25, 0.3) is 0 Å². The Morgan fingerprint density at radius 1 is 1.53 bits per heavy atom. The van der Waals surface area contributed by atoms with E-state index in [-0.39, 0.29) is 6.09 Å². The molecule has 2 atom stereocenters. The van der Waals surface area contributed by atoms with Gasteiger partial charge in [-0.1, -0.05) is 0 Å². The number of fused-ring (bicyclic) bond motifs is 1. The second-order valence-electron chi connectivity index (χ2n) is 5.70. The van der Waals surface area contributed by atoms with Crippen molar-refractivity contribution >= 4 is 6.09 Å². The number of aliphatic hydroxyl groups is 1. The molecule has 0 aromatic rings. The van der Waals surface area contributed by atoms with Crippen LogP contribution in [0.2, 0.25) is 0 Å². The zero-order chi connectivity index (χ0) is 11.3. The quantitative estimate of drug-likeness (QED) is 0.661. The van der Waals surface area contributed by atoms with Crippen LogP contribution in [-0.4, -0.2) is 40.4 Å². The molecule has 0 bridgehead atoms. The van der Waals surface area contributed by atoms with Gasteiger partial charge in [-0.05, 0) is 39.5 Å². The smallest absolute Gasteiger partial charge is 0.410 e. The third kappa shape index (κ3) is 2.25. The van der Waals surface area contributed by atoms with Gasteiger partial charge in [-0.15, -0.1) is 0 Å². The fourth-order valence-electron chi connectivity index (χ4n) is 2.14. The first-order chi connectivity index (χ1) is 6.80. The van der Waals surface area contributed by atoms with E-state index >= 15 is 0 Å². The molecular formula is C11H19NO3. The Morgan fingerprint density at radius 2 is 2.20 bits per heavy atom. The molecule has 0 radical (unpaired) electrons. The number of likely N-dealkylation sites (tertiary alicyclic amines) is 1. The Kier molecular flexibility index (Phi) is 2.23. The Morgan fingerprint density at radius 3 is 2.73 bits per heavy atom. The number of β-amino-alcohol motifs (C(OH)–C–C–N with tert-alkyl or cyclic N) is 1. The minimum Gasteiger partial charge on any atom is -0.444 e. The van der Waals surface area contributed by atoms with Crippen molar-refractivity contribution in [3.05, 3.63) is 0 Å². The summed E-state index contributed by atoms with van der Waals surface area (Å²) in [5.41, 5.74) is -1.06. The highest BCUT2D eigenvalue weighted by Gasteiger charge is 2.56. The third-order valence-electron chi connectivity index (χ3n) is 3.06. The second-order valence-corrected chi connectivity index (χ2v) is 5.70. The lowest BCUT2D eigenvalue weighted by atomic mass is 10.1. The van der Waals surface area contributed by atoms with Crippen molar-refractivity contribution in [1.29, 1.82) is 0 Å². The summed E-state index contributed by atoms with van der Waals surface area (Å²) in [6, 6.07) is 0. The monoisotopic (exact) mass is 213 g/mol. The highest BCUT2D eigenvalue weighted by molar-refractivity contribution is 5.68. The Balaban J connectivity index is 1.91. The van der Waals surface area contributed by atoms with E-state index in [9.17, 15) is 9.90 Å². The molecule has 86 valence electrons. The molecule has 1 amide bonds. The molecule has 1 saturated carbocycles. The summed E-state index contributed by atoms with van der Waals surface area (Å²) in [6.45, 7) is 6.70. The lowest BCUT2D eigenvalue weighted by Crippen LogP contribution is -2.45. The van der Waals surface area contributed by atoms with Gasteiger partial charge in [-0.25, -0.2) is 4.79 Å². The second kappa shape index (κ2) is 3.11. The van der Waals surface area contributed by atoms with E-state index in [4.69, 9.17) is 4.74 Å². The zero-order valence-corrected chi connectivity index (χ0v) is 9.62. The summed E-state index contributed by atoms with van der Waals surface area (Å²) in [6.07, 6.45) is 1.43. The van der Waals surface area contributed by atoms with Crippen molar-refractivity contribution in [2.24, 2.45) is 5.92 Å². The molecule has 0 unspecified atom stereocenters. The topological polar surface area (TPSA) is 49.8 Å². The molecule has 1 heterocycles. The van der Waals surface area contributed by atoms with E-state index in [2.05, 4.69) is 0 Å². The molecule has 2 fully saturated rings. The highest BCUT2D eigenvalue weighted by Crippen LogP contribution is 2.49. The van der Waals surface area contributed by atoms with E-state index in [0.29, 0.717) is 19.0 Å². The molecular weight excluding hydrogens is 194 g/mol. The number of carbonyl (C=O) groups excluding carboxylic acids is 1. The molecule has 0 aromatic heterocycles. The summed E-state index contributed by atoms with van der Waals surface area (Å²) < 4.78 is 5.26. The maximum Gasteiger partial charge on any atom is 0.410 e. The van der Waals surface area contributed by atoms with Gasteiger partial charge in [0.1, 0.15) is 5.60 Å². The molecule has 0 spiro atoms. The largest absolute Gasteiger partial charge is 0.444 e. The predicted molar refractivity (Wildman–Crippen MR) is 55.5 cm³/mol. The van der Waals surface area contributed by atoms with Crippen LogP contribution in [0, 0.1) is 5.92 Å². The summed E-state index contributed by atoms with van der Waals surface area (Å²) in [5.74, 6) is 0.413. The standard InChI is InChI=1S/C11H19NO3/c1-10(2,3)15-9(13)12-5-4-8-6-11(8,14)7-12/h8,14H,4-7H2,1-3H3/t8-,11+/m0/s1. The molecule has 15 heavy (non-hydrogen) atoms. The van der Waals surface area contributed by atoms with Gasteiger partial charge < -0.3 is 14.7 Å². The summed E-state index contributed by atoms with van der Waals surface area (Å²) >= 11 is 0. The van der Waals surface area contributed by atoms with Crippen molar-refractivity contribution in [2.45, 2.75) is 44.8 Å². The summed E-state index contributed by atoms with van der Waals surface area (Å²) in [4.78, 5) is 13.3. The fraction of sp³-hybridized carbons (Fsp3) is 0.909. The molecule has 1 saturated heterocycles. The number of hydrogen-bond donors (Lipinski definition) is 1. The first-order valence-corrected chi connectivity index (χ1v) is 5.50. The lowest BCUT2D eigenvalue weighted by Gasteiger charge is -2.32. The summed E-state index contributed by atoms with van der Waals surface area (Å²) in [5, 5.41) is 9.92. The maximum atomic E-state index is 11.7. The minimum absolute atomic E-state index is 0.304. The van der Waals surface area contributed by atoms with Gasteiger partial charge in [0.15, 0.2) is 0 Å². The van der Waals surface area contributed by atoms with Crippen molar-refractivity contribution < 1.29 is 14.6 Å². The molecule has 2 rings (SSSR count). The van der Waals surface area contributed by atoms with E-state index in [1.807, 2.05) is 20.8 Å². The average Bonchev–Trinajstić information content (AvgIpc) is 2.71. The Bertz CT molecular complexity index is 284. The van der Waals surface area contributed by atoms with Crippen LogP contribution in [0.25, 0.3) is 0 Å². The average molecular weight is 213 g/mol. The van der Waals surface area contributed by atoms with Crippen LogP contribution in [0.3, 0.4) is 0 Å². The number of hydrogen-bond acceptors (Lipinski definition) is 3. The molecule has 1 aliphatic heterocycles. The highest BCUT2D eigenvalue weighted by atomic mass is 16.6. The normalized spacial score (nSPS) is 34.7. The van der Waals surface area contributed by atoms with Crippen molar-refractivity contribution in [3.63, 3.8) is 0 Å². The number of rotatable bonds is 0. The van der Waals surface area contributed by atoms with Crippen molar-refractivity contribution in [1.82, 2.24) is 4.90 Å². The first kappa shape index (κ1) is 10.7. The maximum absolute atomic E-state index is 11.7. The number of ether oxygens (including phenoxy) is 1. The van der Waals surface area contributed by atoms with Crippen LogP contribution in [0.5, 0.6) is 0 Å². The van der Waals surface area contributed by atoms with Crippen LogP contribution in [0.4, 0.5) is 4.79 Å². The molecule has 4 nitrogen and oxygen atoms in total. The SMILES string of the molecule is CC(C)(C)OC(=O)N1CC[C@H]2C[C@@]2(O)C1. The Hall–Kier alpha value is -0.770. The molecule has 2 aliphatic rings. The predicted octanol–water partition coefficient (Wildman–Crippen LogP) is 1.38. The van der Waals surface area contributed by atoms with Crippen LogP contribution in [0.15, 0.2) is 0 Å². The van der Waals surface area contributed by atoms with Crippen LogP contribution >= 0.6 is 0 Å². The van der Waals surface area contributed by atoms with E-state index < -0.39 is 11.2 Å². The van der Waals surface area contributed by atoms with Gasteiger partial charge in [-0.2, -0.15) is 0 Å². The first-order valence-electron chi connectivity index (χ1n) is 5.50. The minimum atomic E-state index is -0.602. The number of piperidine rings is 1. The summed E-state index contributed by atoms with van der Waals surface area (Å²) in [7, 11) is 0. The molecule has 0 aromatic carbocycles. The van der Waals surface area contributed by atoms with E-state index in [0.717, 1.165) is 12.8 Å². The lowest BCUT2D eigenvalue weighted by molar-refractivity contribution is -0.00159. The van der Waals surface area contributed by atoms with Crippen molar-refractivity contribution in [2.75, 3.05) is 13.1 Å². The van der Waals surface area contributed by atoms with Crippen LogP contribution in [0.1, 0.15) is 33.6 Å². The van der Waals surface area contributed by atoms with Gasteiger partial charge in [0.2, 0.25) is 0 Å². The van der Waals surface area contributed by atoms with Crippen molar-refractivity contribution in [3.8, 4) is 0 Å². The van der Waals surface area contributed by atoms with Gasteiger partial charge in [0.05, 0.1) is 12.1 Å². The van der Waals surface area contributed by atoms with E-state index in [1.54, 1.807) is 4.90 Å². The Labute approximate surface area is 90.2 Å². The van der Waals surface area contributed by atoms with E-state index in [1.165, 1.54) is 0 Å². The molecule has 4 heteroatoms. The van der Waals surface area contributed by atoms with Crippen LogP contribution in [-0.2, 0) is 4.74 Å². The van der Waals surface area contributed by atoms with Crippen LogP contribution < -0.4 is 0 Å². The molecule has 1 aliphatic carbocycles. The van der Waals surface area contributed by atoms with Gasteiger partial charge >= 0.3 is 6.09 Å². The third-order valence-corrected chi connectivity index (χ3v) is 3.06. The fourth-order valence-corrected chi connectivity index (χ4v) is 2.14. The zero-order valence-electron chi connectivity index (χ0n) is 9.62.